The van der Waals surface area contributed by atoms with E-state index >= 15 is 0 Å². The van der Waals surface area contributed by atoms with Crippen LogP contribution in [-0.2, 0) is 16.1 Å². The largest absolute Gasteiger partial charge is 0.355 e. The number of carbonyl (C=O) groups is 2. The molecule has 2 aliphatic heterocycles. The van der Waals surface area contributed by atoms with Crippen LogP contribution in [-0.4, -0.2) is 66.4 Å². The van der Waals surface area contributed by atoms with Crippen molar-refractivity contribution in [2.45, 2.75) is 63.7 Å². The zero-order chi connectivity index (χ0) is 19.9. The van der Waals surface area contributed by atoms with E-state index in [1.807, 2.05) is 0 Å². The van der Waals surface area contributed by atoms with Crippen molar-refractivity contribution in [3.63, 3.8) is 0 Å². The van der Waals surface area contributed by atoms with Gasteiger partial charge in [-0.05, 0) is 38.3 Å². The van der Waals surface area contributed by atoms with Crippen LogP contribution in [0.2, 0.25) is 0 Å². The molecule has 0 saturated carbocycles. The van der Waals surface area contributed by atoms with Gasteiger partial charge in [0.25, 0.3) is 0 Å². The molecule has 6 heteroatoms. The second-order valence-corrected chi connectivity index (χ2v) is 8.30. The Morgan fingerprint density at radius 2 is 1.71 bits per heavy atom. The Hall–Kier alpha value is -1.92. The third-order valence-electron chi connectivity index (χ3n) is 6.19. The van der Waals surface area contributed by atoms with Gasteiger partial charge < -0.3 is 10.6 Å². The highest BCUT2D eigenvalue weighted by molar-refractivity contribution is 5.77. The molecule has 2 atom stereocenters. The molecule has 0 spiro atoms. The lowest BCUT2D eigenvalue weighted by molar-refractivity contribution is -0.123. The second kappa shape index (κ2) is 10.0. The first-order valence-electron chi connectivity index (χ1n) is 10.5. The predicted molar refractivity (Wildman–Crippen MR) is 111 cm³/mol. The first kappa shape index (κ1) is 20.8. The molecular weight excluding hydrogens is 352 g/mol. The minimum absolute atomic E-state index is 0.00759. The molecule has 3 rings (SSSR count). The Balaban J connectivity index is 1.36. The third-order valence-corrected chi connectivity index (χ3v) is 6.19. The number of nitrogens with one attached hydrogen (secondary N) is 2. The van der Waals surface area contributed by atoms with Crippen LogP contribution in [0, 0.1) is 0 Å². The van der Waals surface area contributed by atoms with Crippen molar-refractivity contribution in [2.75, 3.05) is 26.7 Å². The maximum atomic E-state index is 12.5. The van der Waals surface area contributed by atoms with Gasteiger partial charge in [-0.15, -0.1) is 0 Å². The lowest BCUT2D eigenvalue weighted by Crippen LogP contribution is -2.46. The lowest BCUT2D eigenvalue weighted by atomic mass is 10.0. The van der Waals surface area contributed by atoms with Crippen molar-refractivity contribution in [3.05, 3.63) is 35.9 Å². The molecule has 0 aromatic heterocycles. The Bertz CT molecular complexity index is 643. The molecule has 1 aromatic rings. The maximum absolute atomic E-state index is 12.5. The maximum Gasteiger partial charge on any atom is 0.221 e. The van der Waals surface area contributed by atoms with Gasteiger partial charge in [0.1, 0.15) is 0 Å². The number of carbonyl (C=O) groups excluding carboxylic acids is 2. The molecule has 1 aromatic carbocycles. The van der Waals surface area contributed by atoms with Gasteiger partial charge in [0, 0.05) is 57.6 Å². The van der Waals surface area contributed by atoms with Crippen molar-refractivity contribution >= 4 is 11.8 Å². The lowest BCUT2D eigenvalue weighted by Gasteiger charge is -2.33. The molecule has 2 amide bonds. The van der Waals surface area contributed by atoms with E-state index in [-0.39, 0.29) is 17.9 Å². The van der Waals surface area contributed by atoms with E-state index in [4.69, 9.17) is 0 Å². The summed E-state index contributed by atoms with van der Waals surface area (Å²) in [7, 11) is 2.07. The fourth-order valence-corrected chi connectivity index (χ4v) is 4.42. The monoisotopic (exact) mass is 386 g/mol. The molecular formula is C22H34N4O2. The van der Waals surface area contributed by atoms with E-state index in [1.54, 1.807) is 6.92 Å². The van der Waals surface area contributed by atoms with Crippen molar-refractivity contribution in [1.82, 2.24) is 20.4 Å². The molecule has 0 aliphatic carbocycles. The smallest absolute Gasteiger partial charge is 0.221 e. The molecule has 2 fully saturated rings. The molecule has 0 unspecified atom stereocenters. The third kappa shape index (κ3) is 6.04. The number of likely N-dealkylation sites (tertiary alicyclic amines) is 2. The number of piperidine rings is 1. The van der Waals surface area contributed by atoms with Crippen LogP contribution in [0.4, 0.5) is 0 Å². The summed E-state index contributed by atoms with van der Waals surface area (Å²) in [5.74, 6) is 0.173. The average molecular weight is 387 g/mol. The highest BCUT2D eigenvalue weighted by atomic mass is 16.2. The van der Waals surface area contributed by atoms with Crippen molar-refractivity contribution in [1.29, 1.82) is 0 Å². The number of likely N-dealkylation sites (N-methyl/N-ethyl adjacent to an activating group) is 1. The predicted octanol–water partition coefficient (Wildman–Crippen LogP) is 1.76. The normalized spacial score (nSPS) is 24.2. The number of hydrogen-bond donors (Lipinski definition) is 2. The molecule has 0 bridgehead atoms. The first-order valence-corrected chi connectivity index (χ1v) is 10.5. The zero-order valence-corrected chi connectivity index (χ0v) is 17.2. The summed E-state index contributed by atoms with van der Waals surface area (Å²) in [5, 5.41) is 6.15. The molecule has 2 aliphatic rings. The van der Waals surface area contributed by atoms with Gasteiger partial charge in [0.2, 0.25) is 11.8 Å². The van der Waals surface area contributed by atoms with E-state index in [0.29, 0.717) is 25.0 Å². The van der Waals surface area contributed by atoms with Gasteiger partial charge in [0.05, 0.1) is 0 Å². The fraction of sp³-hybridized carbons (Fsp3) is 0.636. The minimum Gasteiger partial charge on any atom is -0.355 e. The minimum atomic E-state index is 0.00759. The standard InChI is InChI=1S/C22H34N4O2/c1-17(27)23-15-21-9-8-20(25(21)2)14-22(28)24-19-10-12-26(13-11-19)16-18-6-4-3-5-7-18/h3-7,19-21H,8-16H2,1-2H3,(H,23,27)(H,24,28)/t20-,21+/m0/s1. The van der Waals surface area contributed by atoms with E-state index < -0.39 is 0 Å². The zero-order valence-electron chi connectivity index (χ0n) is 17.2. The van der Waals surface area contributed by atoms with Crippen LogP contribution >= 0.6 is 0 Å². The number of rotatable bonds is 7. The highest BCUT2D eigenvalue weighted by Crippen LogP contribution is 2.24. The molecule has 2 saturated heterocycles. The van der Waals surface area contributed by atoms with Gasteiger partial charge in [-0.3, -0.25) is 19.4 Å². The van der Waals surface area contributed by atoms with E-state index in [0.717, 1.165) is 45.3 Å². The highest BCUT2D eigenvalue weighted by Gasteiger charge is 2.32. The fourth-order valence-electron chi connectivity index (χ4n) is 4.42. The topological polar surface area (TPSA) is 64.7 Å². The van der Waals surface area contributed by atoms with Gasteiger partial charge in [0.15, 0.2) is 0 Å². The molecule has 6 nitrogen and oxygen atoms in total. The van der Waals surface area contributed by atoms with Gasteiger partial charge >= 0.3 is 0 Å². The molecule has 2 heterocycles. The van der Waals surface area contributed by atoms with Crippen LogP contribution in [0.1, 0.15) is 44.6 Å². The van der Waals surface area contributed by atoms with Gasteiger partial charge in [-0.2, -0.15) is 0 Å². The summed E-state index contributed by atoms with van der Waals surface area (Å²) in [6.07, 6.45) is 4.64. The average Bonchev–Trinajstić information content (AvgIpc) is 3.02. The summed E-state index contributed by atoms with van der Waals surface area (Å²) in [4.78, 5) is 28.4. The first-order chi connectivity index (χ1) is 13.5. The number of nitrogens with zero attached hydrogens (tertiary/aromatic N) is 2. The molecule has 28 heavy (non-hydrogen) atoms. The Kier molecular flexibility index (Phi) is 7.45. The number of amides is 2. The Morgan fingerprint density at radius 1 is 1.04 bits per heavy atom. The SMILES string of the molecule is CC(=O)NC[C@H]1CC[C@@H](CC(=O)NC2CCN(Cc3ccccc3)CC2)N1C. The van der Waals surface area contributed by atoms with Crippen molar-refractivity contribution < 1.29 is 9.59 Å². The molecule has 0 radical (unpaired) electrons. The van der Waals surface area contributed by atoms with Crippen LogP contribution in [0.3, 0.4) is 0 Å². The Labute approximate surface area is 168 Å². The van der Waals surface area contributed by atoms with E-state index in [1.165, 1.54) is 5.56 Å². The summed E-state index contributed by atoms with van der Waals surface area (Å²) in [6, 6.07) is 11.5. The summed E-state index contributed by atoms with van der Waals surface area (Å²) >= 11 is 0. The second-order valence-electron chi connectivity index (χ2n) is 8.30. The van der Waals surface area contributed by atoms with Crippen molar-refractivity contribution in [3.8, 4) is 0 Å². The number of hydrogen-bond acceptors (Lipinski definition) is 4. The molecule has 154 valence electrons. The molecule has 2 N–H and O–H groups in total. The van der Waals surface area contributed by atoms with Crippen LogP contribution < -0.4 is 10.6 Å². The van der Waals surface area contributed by atoms with E-state index in [2.05, 4.69) is 57.8 Å². The summed E-state index contributed by atoms with van der Waals surface area (Å²) < 4.78 is 0. The Morgan fingerprint density at radius 3 is 2.39 bits per heavy atom. The van der Waals surface area contributed by atoms with Crippen molar-refractivity contribution in [2.24, 2.45) is 0 Å². The van der Waals surface area contributed by atoms with E-state index in [9.17, 15) is 9.59 Å². The van der Waals surface area contributed by atoms with Crippen LogP contribution in [0.25, 0.3) is 0 Å². The van der Waals surface area contributed by atoms with Crippen LogP contribution in [0.15, 0.2) is 30.3 Å². The van der Waals surface area contributed by atoms with Gasteiger partial charge in [-0.25, -0.2) is 0 Å². The summed E-state index contributed by atoms with van der Waals surface area (Å²) in [5.41, 5.74) is 1.35. The summed E-state index contributed by atoms with van der Waals surface area (Å²) in [6.45, 7) is 5.27. The van der Waals surface area contributed by atoms with Gasteiger partial charge in [-0.1, -0.05) is 30.3 Å². The quantitative estimate of drug-likeness (QED) is 0.749. The van der Waals surface area contributed by atoms with Crippen LogP contribution in [0.5, 0.6) is 0 Å². The number of benzene rings is 1.